The van der Waals surface area contributed by atoms with Gasteiger partial charge in [0, 0.05) is 17.6 Å². The van der Waals surface area contributed by atoms with Gasteiger partial charge in [-0.25, -0.2) is 4.98 Å². The number of carbonyl (C=O) groups excluding carboxylic acids is 1. The Bertz CT molecular complexity index is 893. The normalized spacial score (nSPS) is 15.3. The highest BCUT2D eigenvalue weighted by molar-refractivity contribution is 7.10. The minimum atomic E-state index is -0.167. The van der Waals surface area contributed by atoms with E-state index in [0.717, 1.165) is 13.1 Å². The van der Waals surface area contributed by atoms with E-state index in [9.17, 15) is 4.79 Å². The van der Waals surface area contributed by atoms with Crippen molar-refractivity contribution in [1.82, 2.24) is 15.2 Å². The third-order valence-electron chi connectivity index (χ3n) is 4.88. The molecule has 144 valence electrons. The topological polar surface area (TPSA) is 54.5 Å². The molecule has 1 saturated heterocycles. The van der Waals surface area contributed by atoms with Crippen molar-refractivity contribution in [3.63, 3.8) is 0 Å². The average Bonchev–Trinajstić information content (AvgIpc) is 3.44. The van der Waals surface area contributed by atoms with Gasteiger partial charge in [0.2, 0.25) is 5.88 Å². The first-order valence-corrected chi connectivity index (χ1v) is 10.4. The van der Waals surface area contributed by atoms with Gasteiger partial charge in [-0.05, 0) is 61.6 Å². The van der Waals surface area contributed by atoms with Crippen LogP contribution in [0.4, 0.5) is 0 Å². The number of nitrogens with zero attached hydrogens (tertiary/aromatic N) is 2. The zero-order valence-electron chi connectivity index (χ0n) is 15.6. The summed E-state index contributed by atoms with van der Waals surface area (Å²) in [5, 5.41) is 5.19. The van der Waals surface area contributed by atoms with Crippen molar-refractivity contribution in [2.75, 3.05) is 19.6 Å². The lowest BCUT2D eigenvalue weighted by molar-refractivity contribution is 0.0935. The minimum absolute atomic E-state index is 0.167. The summed E-state index contributed by atoms with van der Waals surface area (Å²) in [5.41, 5.74) is 0.442. The first kappa shape index (κ1) is 18.7. The van der Waals surface area contributed by atoms with Crippen molar-refractivity contribution >= 4 is 17.2 Å². The van der Waals surface area contributed by atoms with Crippen LogP contribution in [0.15, 0.2) is 66.2 Å². The number of hydrogen-bond acceptors (Lipinski definition) is 5. The fourth-order valence-corrected chi connectivity index (χ4v) is 4.33. The van der Waals surface area contributed by atoms with Crippen LogP contribution in [0.2, 0.25) is 0 Å². The standard InChI is InChI=1S/C22H23N3O2S/c26-21(18-10-6-12-23-22(18)27-17-8-2-1-3-9-17)24-16-19(20-11-7-15-28-20)25-13-4-5-14-25/h1-3,6-12,15,19H,4-5,13-14,16H2,(H,24,26)/t19-/m0/s1. The van der Waals surface area contributed by atoms with Crippen molar-refractivity contribution in [1.29, 1.82) is 0 Å². The summed E-state index contributed by atoms with van der Waals surface area (Å²) >= 11 is 1.74. The van der Waals surface area contributed by atoms with Gasteiger partial charge in [0.25, 0.3) is 5.91 Å². The van der Waals surface area contributed by atoms with Gasteiger partial charge in [0.05, 0.1) is 6.04 Å². The summed E-state index contributed by atoms with van der Waals surface area (Å²) < 4.78 is 5.83. The van der Waals surface area contributed by atoms with Gasteiger partial charge in [-0.3, -0.25) is 9.69 Å². The van der Waals surface area contributed by atoms with Crippen molar-refractivity contribution < 1.29 is 9.53 Å². The molecule has 1 N–H and O–H groups in total. The number of para-hydroxylation sites is 1. The average molecular weight is 394 g/mol. The van der Waals surface area contributed by atoms with Crippen molar-refractivity contribution in [2.45, 2.75) is 18.9 Å². The van der Waals surface area contributed by atoms with Crippen molar-refractivity contribution in [3.05, 3.63) is 76.6 Å². The highest BCUT2D eigenvalue weighted by Gasteiger charge is 2.25. The molecular formula is C22H23N3O2S. The Labute approximate surface area is 169 Å². The maximum atomic E-state index is 12.9. The second kappa shape index (κ2) is 8.99. The molecule has 3 heterocycles. The summed E-state index contributed by atoms with van der Waals surface area (Å²) in [6.45, 7) is 2.72. The van der Waals surface area contributed by atoms with Crippen LogP contribution in [-0.2, 0) is 0 Å². The number of nitrogens with one attached hydrogen (secondary N) is 1. The number of carbonyl (C=O) groups is 1. The van der Waals surface area contributed by atoms with Gasteiger partial charge in [-0.2, -0.15) is 0 Å². The van der Waals surface area contributed by atoms with Crippen LogP contribution in [0.25, 0.3) is 0 Å². The molecular weight excluding hydrogens is 370 g/mol. The predicted octanol–water partition coefficient (Wildman–Crippen LogP) is 4.50. The van der Waals surface area contributed by atoms with E-state index >= 15 is 0 Å². The van der Waals surface area contributed by atoms with Crippen molar-refractivity contribution in [3.8, 4) is 11.6 Å². The third-order valence-corrected chi connectivity index (χ3v) is 5.86. The molecule has 0 bridgehead atoms. The first-order valence-electron chi connectivity index (χ1n) is 9.55. The fourth-order valence-electron chi connectivity index (χ4n) is 3.47. The van der Waals surface area contributed by atoms with Gasteiger partial charge >= 0.3 is 0 Å². The third kappa shape index (κ3) is 4.40. The number of thiophene rings is 1. The Morgan fingerprint density at radius 3 is 2.68 bits per heavy atom. The van der Waals surface area contributed by atoms with Crippen LogP contribution in [0.5, 0.6) is 11.6 Å². The molecule has 0 saturated carbocycles. The molecule has 5 nitrogen and oxygen atoms in total. The maximum Gasteiger partial charge on any atom is 0.256 e. The Kier molecular flexibility index (Phi) is 5.99. The maximum absolute atomic E-state index is 12.9. The van der Waals surface area contributed by atoms with Crippen LogP contribution in [0.3, 0.4) is 0 Å². The Hall–Kier alpha value is -2.70. The van der Waals surface area contributed by atoms with Gasteiger partial charge in [0.1, 0.15) is 11.3 Å². The van der Waals surface area contributed by atoms with E-state index in [4.69, 9.17) is 4.74 Å². The van der Waals surface area contributed by atoms with Crippen LogP contribution in [-0.4, -0.2) is 35.4 Å². The quantitative estimate of drug-likeness (QED) is 0.642. The van der Waals surface area contributed by atoms with Gasteiger partial charge < -0.3 is 10.1 Å². The number of pyridine rings is 1. The van der Waals surface area contributed by atoms with Crippen LogP contribution >= 0.6 is 11.3 Å². The summed E-state index contributed by atoms with van der Waals surface area (Å²) in [6, 6.07) is 17.3. The SMILES string of the molecule is O=C(NC[C@@H](c1cccs1)N1CCCC1)c1cccnc1Oc1ccccc1. The second-order valence-corrected chi connectivity index (χ2v) is 7.73. The lowest BCUT2D eigenvalue weighted by Gasteiger charge is -2.27. The number of rotatable bonds is 7. The molecule has 1 atom stereocenters. The summed E-state index contributed by atoms with van der Waals surface area (Å²) in [5.74, 6) is 0.809. The lowest BCUT2D eigenvalue weighted by atomic mass is 10.2. The molecule has 1 aliphatic rings. The molecule has 1 aromatic carbocycles. The second-order valence-electron chi connectivity index (χ2n) is 6.76. The van der Waals surface area contributed by atoms with Crippen LogP contribution < -0.4 is 10.1 Å². The highest BCUT2D eigenvalue weighted by Crippen LogP contribution is 2.28. The largest absolute Gasteiger partial charge is 0.438 e. The van der Waals surface area contributed by atoms with Gasteiger partial charge in [-0.15, -0.1) is 11.3 Å². The monoisotopic (exact) mass is 393 g/mol. The molecule has 4 rings (SSSR count). The molecule has 0 unspecified atom stereocenters. The minimum Gasteiger partial charge on any atom is -0.438 e. The number of aromatic nitrogens is 1. The zero-order chi connectivity index (χ0) is 19.2. The van der Waals surface area contributed by atoms with E-state index in [1.807, 2.05) is 30.3 Å². The van der Waals surface area contributed by atoms with Crippen molar-refractivity contribution in [2.24, 2.45) is 0 Å². The van der Waals surface area contributed by atoms with E-state index in [1.165, 1.54) is 17.7 Å². The summed E-state index contributed by atoms with van der Waals surface area (Å²) in [6.07, 6.45) is 4.06. The van der Waals surface area contributed by atoms with E-state index in [0.29, 0.717) is 23.7 Å². The number of likely N-dealkylation sites (tertiary alicyclic amines) is 1. The van der Waals surface area contributed by atoms with E-state index in [1.54, 1.807) is 29.7 Å². The lowest BCUT2D eigenvalue weighted by Crippen LogP contribution is -2.36. The van der Waals surface area contributed by atoms with E-state index < -0.39 is 0 Å². The highest BCUT2D eigenvalue weighted by atomic mass is 32.1. The van der Waals surface area contributed by atoms with Gasteiger partial charge in [0.15, 0.2) is 0 Å². The van der Waals surface area contributed by atoms with E-state index in [-0.39, 0.29) is 11.9 Å². The van der Waals surface area contributed by atoms with E-state index in [2.05, 4.69) is 32.7 Å². The summed E-state index contributed by atoms with van der Waals surface area (Å²) in [7, 11) is 0. The smallest absolute Gasteiger partial charge is 0.256 e. The molecule has 2 aromatic heterocycles. The predicted molar refractivity (Wildman–Crippen MR) is 111 cm³/mol. The van der Waals surface area contributed by atoms with Gasteiger partial charge in [-0.1, -0.05) is 24.3 Å². The first-order chi connectivity index (χ1) is 13.8. The Balaban J connectivity index is 1.47. The number of benzene rings is 1. The zero-order valence-corrected chi connectivity index (χ0v) is 16.4. The molecule has 0 radical (unpaired) electrons. The molecule has 0 aliphatic carbocycles. The molecule has 1 aliphatic heterocycles. The number of amides is 1. The molecule has 1 amide bonds. The summed E-state index contributed by atoms with van der Waals surface area (Å²) in [4.78, 5) is 20.9. The molecule has 0 spiro atoms. The van der Waals surface area contributed by atoms with Crippen LogP contribution in [0, 0.1) is 0 Å². The number of hydrogen-bond donors (Lipinski definition) is 1. The van der Waals surface area contributed by atoms with Crippen LogP contribution in [0.1, 0.15) is 34.1 Å². The molecule has 28 heavy (non-hydrogen) atoms. The molecule has 6 heteroatoms. The number of ether oxygens (including phenoxy) is 1. The Morgan fingerprint density at radius 1 is 1.11 bits per heavy atom. The molecule has 1 fully saturated rings. The Morgan fingerprint density at radius 2 is 1.93 bits per heavy atom. The fraction of sp³-hybridized carbons (Fsp3) is 0.273. The molecule has 3 aromatic rings.